The lowest BCUT2D eigenvalue weighted by Crippen LogP contribution is -2.32. The van der Waals surface area contributed by atoms with Gasteiger partial charge in [-0.15, -0.1) is 0 Å². The van der Waals surface area contributed by atoms with E-state index in [0.717, 1.165) is 0 Å². The average Bonchev–Trinajstić information content (AvgIpc) is 2.27. The predicted octanol–water partition coefficient (Wildman–Crippen LogP) is 2.82. The molecule has 0 aromatic heterocycles. The van der Waals surface area contributed by atoms with Crippen LogP contribution < -0.4 is 0 Å². The highest BCUT2D eigenvalue weighted by molar-refractivity contribution is 5.97. The van der Waals surface area contributed by atoms with Crippen LogP contribution in [0.3, 0.4) is 0 Å². The highest BCUT2D eigenvalue weighted by Gasteiger charge is 2.39. The first kappa shape index (κ1) is 13.7. The van der Waals surface area contributed by atoms with Gasteiger partial charge in [0.05, 0.1) is 0 Å². The molecule has 0 radical (unpaired) electrons. The topological polar surface area (TPSA) is 37.3 Å². The van der Waals surface area contributed by atoms with Gasteiger partial charge < -0.3 is 5.11 Å². The molecule has 0 spiro atoms. The maximum absolute atomic E-state index is 12.1. The maximum Gasteiger partial charge on any atom is 0.414 e. The first-order chi connectivity index (χ1) is 7.82. The molecule has 0 bridgehead atoms. The standard InChI is InChI=1S/C12H13F3O2/c1-8(7-10(16)12(13,14)15)11(17)9-5-3-2-4-6-9/h2-6,8,10,16H,7H2,1H3. The van der Waals surface area contributed by atoms with E-state index >= 15 is 0 Å². The maximum atomic E-state index is 12.1. The van der Waals surface area contributed by atoms with Crippen molar-refractivity contribution in [2.75, 3.05) is 0 Å². The lowest BCUT2D eigenvalue weighted by atomic mass is 9.94. The van der Waals surface area contributed by atoms with Crippen molar-refractivity contribution in [1.82, 2.24) is 0 Å². The largest absolute Gasteiger partial charge is 0.414 e. The molecule has 0 saturated carbocycles. The summed E-state index contributed by atoms with van der Waals surface area (Å²) in [7, 11) is 0. The summed E-state index contributed by atoms with van der Waals surface area (Å²) in [5, 5.41) is 8.87. The molecule has 94 valence electrons. The number of hydrogen-bond donors (Lipinski definition) is 1. The number of carbonyl (C=O) groups is 1. The van der Waals surface area contributed by atoms with Crippen LogP contribution in [0.5, 0.6) is 0 Å². The molecule has 0 saturated heterocycles. The minimum Gasteiger partial charge on any atom is -0.384 e. The number of carbonyl (C=O) groups excluding carboxylic acids is 1. The van der Waals surface area contributed by atoms with Crippen LogP contribution in [0.4, 0.5) is 13.2 Å². The molecule has 17 heavy (non-hydrogen) atoms. The van der Waals surface area contributed by atoms with Crippen LogP contribution in [0, 0.1) is 5.92 Å². The van der Waals surface area contributed by atoms with Gasteiger partial charge in [0.15, 0.2) is 11.9 Å². The number of benzene rings is 1. The molecule has 0 fully saturated rings. The van der Waals surface area contributed by atoms with Gasteiger partial charge in [0.25, 0.3) is 0 Å². The van der Waals surface area contributed by atoms with Crippen LogP contribution >= 0.6 is 0 Å². The Kier molecular flexibility index (Phi) is 4.28. The highest BCUT2D eigenvalue weighted by atomic mass is 19.4. The fourth-order valence-electron chi connectivity index (χ4n) is 1.46. The van der Waals surface area contributed by atoms with E-state index in [1.165, 1.54) is 6.92 Å². The van der Waals surface area contributed by atoms with Crippen molar-refractivity contribution in [2.24, 2.45) is 5.92 Å². The van der Waals surface area contributed by atoms with Gasteiger partial charge >= 0.3 is 6.18 Å². The molecule has 5 heteroatoms. The molecule has 0 aliphatic carbocycles. The number of Topliss-reactive ketones (excluding diaryl/α,β-unsaturated/α-hetero) is 1. The normalized spacial score (nSPS) is 15.4. The van der Waals surface area contributed by atoms with Crippen LogP contribution in [-0.2, 0) is 0 Å². The number of alkyl halides is 3. The second kappa shape index (κ2) is 5.31. The van der Waals surface area contributed by atoms with Crippen molar-refractivity contribution >= 4 is 5.78 Å². The summed E-state index contributed by atoms with van der Waals surface area (Å²) in [6.45, 7) is 1.38. The Morgan fingerprint density at radius 3 is 2.29 bits per heavy atom. The molecular weight excluding hydrogens is 233 g/mol. The van der Waals surface area contributed by atoms with Crippen molar-refractivity contribution in [2.45, 2.75) is 25.6 Å². The molecular formula is C12H13F3O2. The Balaban J connectivity index is 2.66. The molecule has 1 rings (SSSR count). The second-order valence-electron chi connectivity index (χ2n) is 3.92. The predicted molar refractivity (Wildman–Crippen MR) is 56.6 cm³/mol. The Labute approximate surface area is 97.1 Å². The van der Waals surface area contributed by atoms with Crippen LogP contribution in [0.15, 0.2) is 30.3 Å². The number of ketones is 1. The van der Waals surface area contributed by atoms with E-state index in [2.05, 4.69) is 0 Å². The quantitative estimate of drug-likeness (QED) is 0.829. The summed E-state index contributed by atoms with van der Waals surface area (Å²) < 4.78 is 36.3. The van der Waals surface area contributed by atoms with Crippen molar-refractivity contribution in [3.05, 3.63) is 35.9 Å². The first-order valence-corrected chi connectivity index (χ1v) is 5.16. The molecule has 2 unspecified atom stereocenters. The van der Waals surface area contributed by atoms with Gasteiger partial charge in [-0.1, -0.05) is 37.3 Å². The fraction of sp³-hybridized carbons (Fsp3) is 0.417. The molecule has 0 aliphatic rings. The fourth-order valence-corrected chi connectivity index (χ4v) is 1.46. The summed E-state index contributed by atoms with van der Waals surface area (Å²) in [5.74, 6) is -1.26. The van der Waals surface area contributed by atoms with Crippen molar-refractivity contribution in [3.63, 3.8) is 0 Å². The summed E-state index contributed by atoms with van der Waals surface area (Å²) in [6, 6.07) is 8.07. The third-order valence-corrected chi connectivity index (χ3v) is 2.46. The van der Waals surface area contributed by atoms with Gasteiger partial charge in [-0.2, -0.15) is 13.2 Å². The molecule has 1 aromatic carbocycles. The minimum atomic E-state index is -4.68. The highest BCUT2D eigenvalue weighted by Crippen LogP contribution is 2.26. The van der Waals surface area contributed by atoms with Crippen molar-refractivity contribution in [1.29, 1.82) is 0 Å². The van der Waals surface area contributed by atoms with Gasteiger partial charge in [-0.25, -0.2) is 0 Å². The number of hydrogen-bond acceptors (Lipinski definition) is 2. The van der Waals surface area contributed by atoms with Crippen LogP contribution in [-0.4, -0.2) is 23.2 Å². The summed E-state index contributed by atoms with van der Waals surface area (Å²) in [5.41, 5.74) is 0.356. The second-order valence-corrected chi connectivity index (χ2v) is 3.92. The number of rotatable bonds is 4. The molecule has 1 aromatic rings. The monoisotopic (exact) mass is 246 g/mol. The van der Waals surface area contributed by atoms with E-state index in [4.69, 9.17) is 5.11 Å². The van der Waals surface area contributed by atoms with E-state index < -0.39 is 30.4 Å². The van der Waals surface area contributed by atoms with Crippen molar-refractivity contribution in [3.8, 4) is 0 Å². The zero-order valence-corrected chi connectivity index (χ0v) is 9.24. The van der Waals surface area contributed by atoms with Gasteiger partial charge in [0.1, 0.15) is 0 Å². The summed E-state index contributed by atoms with van der Waals surface area (Å²) >= 11 is 0. The third kappa shape index (κ3) is 3.85. The minimum absolute atomic E-state index is 0.356. The Morgan fingerprint density at radius 2 is 1.82 bits per heavy atom. The lowest BCUT2D eigenvalue weighted by molar-refractivity contribution is -0.207. The average molecular weight is 246 g/mol. The Morgan fingerprint density at radius 1 is 1.29 bits per heavy atom. The van der Waals surface area contributed by atoms with Crippen LogP contribution in [0.2, 0.25) is 0 Å². The van der Waals surface area contributed by atoms with Crippen LogP contribution in [0.25, 0.3) is 0 Å². The summed E-state index contributed by atoms with van der Waals surface area (Å²) in [6.07, 6.45) is -7.74. The van der Waals surface area contributed by atoms with E-state index in [9.17, 15) is 18.0 Å². The van der Waals surface area contributed by atoms with E-state index in [-0.39, 0.29) is 0 Å². The molecule has 0 heterocycles. The SMILES string of the molecule is CC(CC(O)C(F)(F)F)C(=O)c1ccccc1. The molecule has 1 N–H and O–H groups in total. The van der Waals surface area contributed by atoms with Gasteiger partial charge in [-0.05, 0) is 6.42 Å². The van der Waals surface area contributed by atoms with Gasteiger partial charge in [-0.3, -0.25) is 4.79 Å². The van der Waals surface area contributed by atoms with E-state index in [1.807, 2.05) is 0 Å². The number of halogens is 3. The zero-order chi connectivity index (χ0) is 13.1. The molecule has 2 atom stereocenters. The van der Waals surface area contributed by atoms with Crippen molar-refractivity contribution < 1.29 is 23.1 Å². The molecule has 0 amide bonds. The third-order valence-electron chi connectivity index (χ3n) is 2.46. The van der Waals surface area contributed by atoms with E-state index in [1.54, 1.807) is 30.3 Å². The zero-order valence-electron chi connectivity index (χ0n) is 9.24. The smallest absolute Gasteiger partial charge is 0.384 e. The Bertz CT molecular complexity index is 373. The molecule has 0 aliphatic heterocycles. The number of aliphatic hydroxyl groups excluding tert-OH is 1. The molecule has 2 nitrogen and oxygen atoms in total. The van der Waals surface area contributed by atoms with Gasteiger partial charge in [0, 0.05) is 11.5 Å². The first-order valence-electron chi connectivity index (χ1n) is 5.16. The van der Waals surface area contributed by atoms with Gasteiger partial charge in [0.2, 0.25) is 0 Å². The Hall–Kier alpha value is -1.36. The van der Waals surface area contributed by atoms with E-state index in [0.29, 0.717) is 5.56 Å². The van der Waals surface area contributed by atoms with Crippen LogP contribution in [0.1, 0.15) is 23.7 Å². The lowest BCUT2D eigenvalue weighted by Gasteiger charge is -2.18. The summed E-state index contributed by atoms with van der Waals surface area (Å²) in [4.78, 5) is 11.7. The number of aliphatic hydroxyl groups is 1.